The Balaban J connectivity index is 1.86. The molecule has 0 aromatic heterocycles. The van der Waals surface area contributed by atoms with Crippen LogP contribution in [-0.2, 0) is 10.8 Å². The molecule has 0 nitrogen and oxygen atoms in total. The van der Waals surface area contributed by atoms with Crippen LogP contribution in [0.2, 0.25) is 0 Å². The Morgan fingerprint density at radius 3 is 1.51 bits per heavy atom. The fraction of sp³-hybridized carbons (Fsp3) is 0.610. The number of hydrogen-bond acceptors (Lipinski definition) is 0. The van der Waals surface area contributed by atoms with Crippen molar-refractivity contribution in [3.8, 4) is 11.1 Å². The van der Waals surface area contributed by atoms with Crippen LogP contribution in [0.25, 0.3) is 11.1 Å². The highest BCUT2D eigenvalue weighted by atomic mass is 14.6. The molecule has 5 rings (SSSR count). The molecular weight excluding hydrogens is 492 g/mol. The lowest BCUT2D eigenvalue weighted by molar-refractivity contribution is 0.184. The van der Waals surface area contributed by atoms with E-state index in [1.54, 1.807) is 27.8 Å². The second-order valence-corrected chi connectivity index (χ2v) is 17.7. The number of hydrogen-bond donors (Lipinski definition) is 0. The predicted octanol–water partition coefficient (Wildman–Crippen LogP) is 12.0. The molecule has 2 aromatic rings. The van der Waals surface area contributed by atoms with Crippen molar-refractivity contribution in [3.05, 3.63) is 80.4 Å². The highest BCUT2D eigenvalue weighted by Crippen LogP contribution is 2.68. The lowest BCUT2D eigenvalue weighted by Gasteiger charge is -2.44. The van der Waals surface area contributed by atoms with E-state index in [-0.39, 0.29) is 21.7 Å². The zero-order valence-electron chi connectivity index (χ0n) is 29.1. The quantitative estimate of drug-likeness (QED) is 0.356. The van der Waals surface area contributed by atoms with Crippen LogP contribution in [0.15, 0.2) is 47.1 Å². The van der Waals surface area contributed by atoms with E-state index in [4.69, 9.17) is 0 Å². The fourth-order valence-electron chi connectivity index (χ4n) is 9.00. The van der Waals surface area contributed by atoms with Crippen molar-refractivity contribution in [3.63, 3.8) is 0 Å². The lowest BCUT2D eigenvalue weighted by atomic mass is 9.59. The second kappa shape index (κ2) is 9.46. The Labute approximate surface area is 253 Å². The molecule has 0 amide bonds. The first-order chi connectivity index (χ1) is 18.7. The molecule has 0 aliphatic heterocycles. The van der Waals surface area contributed by atoms with Gasteiger partial charge in [-0.2, -0.15) is 0 Å². The van der Waals surface area contributed by atoms with Crippen LogP contribution >= 0.6 is 0 Å². The van der Waals surface area contributed by atoms with E-state index >= 15 is 0 Å². The first-order valence-electron chi connectivity index (χ1n) is 16.4. The minimum absolute atomic E-state index is 0.0998. The Hall–Kier alpha value is -2.08. The second-order valence-electron chi connectivity index (χ2n) is 17.7. The number of fused-ring (bicyclic) bond motifs is 3. The summed E-state index contributed by atoms with van der Waals surface area (Å²) in [7, 11) is 0. The normalized spacial score (nSPS) is 23.0. The summed E-state index contributed by atoms with van der Waals surface area (Å²) in [6.45, 7) is 36.2. The summed E-state index contributed by atoms with van der Waals surface area (Å²) in [5.74, 6) is 2.24. The summed E-state index contributed by atoms with van der Waals surface area (Å²) in [6, 6.07) is 10.4. The zero-order chi connectivity index (χ0) is 30.6. The van der Waals surface area contributed by atoms with Crippen molar-refractivity contribution >= 4 is 0 Å². The summed E-state index contributed by atoms with van der Waals surface area (Å²) >= 11 is 0. The maximum atomic E-state index is 2.70. The van der Waals surface area contributed by atoms with Crippen LogP contribution in [0.1, 0.15) is 142 Å². The van der Waals surface area contributed by atoms with Gasteiger partial charge in [0.25, 0.3) is 0 Å². The molecule has 3 aliphatic carbocycles. The van der Waals surface area contributed by atoms with Gasteiger partial charge < -0.3 is 0 Å². The molecule has 0 spiro atoms. The summed E-state index contributed by atoms with van der Waals surface area (Å²) in [4.78, 5) is 0. The average Bonchev–Trinajstić information content (AvgIpc) is 3.45. The molecule has 0 bridgehead atoms. The van der Waals surface area contributed by atoms with Gasteiger partial charge in [0.1, 0.15) is 0 Å². The predicted molar refractivity (Wildman–Crippen MR) is 180 cm³/mol. The third-order valence-electron chi connectivity index (χ3n) is 11.2. The van der Waals surface area contributed by atoms with E-state index in [9.17, 15) is 0 Å². The first-order valence-corrected chi connectivity index (χ1v) is 16.4. The van der Waals surface area contributed by atoms with Crippen molar-refractivity contribution < 1.29 is 0 Å². The number of rotatable bonds is 3. The molecule has 0 radical (unpaired) electrons. The smallest absolute Gasteiger partial charge is 0.0201 e. The van der Waals surface area contributed by atoms with Crippen LogP contribution < -0.4 is 0 Å². The van der Waals surface area contributed by atoms with Gasteiger partial charge >= 0.3 is 0 Å². The Bertz CT molecular complexity index is 1380. The standard InChI is InChI=1S/C41H58/c1-23(2)33-22-41(24(3)4,36-19-27(18-30(33)36)38(7,8)9)37-31-16-25(5)34(39(10,11)12)20-28(31)29-21-35(40(13,14)15)26(6)17-32(29)37/h16-17,19-21,23-24,33,37H,18,22H2,1-15H3. The number of aryl methyl sites for hydroxylation is 2. The molecule has 0 heteroatoms. The Morgan fingerprint density at radius 2 is 1.15 bits per heavy atom. The lowest BCUT2D eigenvalue weighted by Crippen LogP contribution is -2.35. The van der Waals surface area contributed by atoms with Gasteiger partial charge in [0, 0.05) is 11.3 Å². The third kappa shape index (κ3) is 4.62. The maximum absolute atomic E-state index is 2.70. The number of allylic oxidation sites excluding steroid dienone is 4. The number of benzene rings is 2. The van der Waals surface area contributed by atoms with E-state index in [2.05, 4.69) is 134 Å². The average molecular weight is 551 g/mol. The summed E-state index contributed by atoms with van der Waals surface area (Å²) in [5.41, 5.74) is 17.7. The first kappa shape index (κ1) is 30.4. The fourth-order valence-corrected chi connectivity index (χ4v) is 9.00. The van der Waals surface area contributed by atoms with E-state index < -0.39 is 0 Å². The maximum Gasteiger partial charge on any atom is 0.0201 e. The van der Waals surface area contributed by atoms with E-state index in [0.29, 0.717) is 23.7 Å². The Morgan fingerprint density at radius 1 is 0.683 bits per heavy atom. The van der Waals surface area contributed by atoms with Crippen molar-refractivity contribution in [2.45, 2.75) is 133 Å². The van der Waals surface area contributed by atoms with Gasteiger partial charge in [0.05, 0.1) is 0 Å². The molecule has 0 N–H and O–H groups in total. The van der Waals surface area contributed by atoms with Crippen LogP contribution in [0, 0.1) is 42.4 Å². The zero-order valence-corrected chi connectivity index (χ0v) is 29.1. The van der Waals surface area contributed by atoms with Gasteiger partial charge in [-0.25, -0.2) is 0 Å². The molecule has 2 aromatic carbocycles. The van der Waals surface area contributed by atoms with Crippen LogP contribution in [0.3, 0.4) is 0 Å². The minimum Gasteiger partial charge on any atom is -0.0622 e. The largest absolute Gasteiger partial charge is 0.0622 e. The Kier molecular flexibility index (Phi) is 7.01. The summed E-state index contributed by atoms with van der Waals surface area (Å²) in [6.07, 6.45) is 5.14. The van der Waals surface area contributed by atoms with Gasteiger partial charge in [-0.05, 0) is 111 Å². The van der Waals surface area contributed by atoms with E-state index in [0.717, 1.165) is 0 Å². The van der Waals surface area contributed by atoms with Gasteiger partial charge in [-0.1, -0.05) is 131 Å². The third-order valence-corrected chi connectivity index (χ3v) is 11.2. The van der Waals surface area contributed by atoms with Crippen molar-refractivity contribution in [2.75, 3.05) is 0 Å². The van der Waals surface area contributed by atoms with Gasteiger partial charge in [-0.3, -0.25) is 0 Å². The molecule has 41 heavy (non-hydrogen) atoms. The van der Waals surface area contributed by atoms with Gasteiger partial charge in [0.2, 0.25) is 0 Å². The summed E-state index contributed by atoms with van der Waals surface area (Å²) in [5, 5.41) is 0. The molecule has 0 fully saturated rings. The SMILES string of the molecule is Cc1cc2c(cc1C(C)(C)C)-c1cc(C(C)(C)C)c(C)cc1C2C1(C(C)C)CC(C(C)C)C2=C1C=C(C(C)(C)C)C2. The van der Waals surface area contributed by atoms with Crippen molar-refractivity contribution in [1.82, 2.24) is 0 Å². The topological polar surface area (TPSA) is 0 Å². The van der Waals surface area contributed by atoms with Crippen LogP contribution in [0.5, 0.6) is 0 Å². The highest BCUT2D eigenvalue weighted by Gasteiger charge is 2.56. The van der Waals surface area contributed by atoms with Crippen molar-refractivity contribution in [1.29, 1.82) is 0 Å². The molecule has 0 saturated carbocycles. The molecule has 3 aliphatic rings. The monoisotopic (exact) mass is 550 g/mol. The van der Waals surface area contributed by atoms with Gasteiger partial charge in [-0.15, -0.1) is 0 Å². The molecule has 2 atom stereocenters. The van der Waals surface area contributed by atoms with Crippen LogP contribution in [0.4, 0.5) is 0 Å². The highest BCUT2D eigenvalue weighted by molar-refractivity contribution is 5.83. The molecule has 0 saturated heterocycles. The van der Waals surface area contributed by atoms with Crippen molar-refractivity contribution in [2.24, 2.45) is 28.6 Å². The van der Waals surface area contributed by atoms with E-state index in [1.165, 1.54) is 46.2 Å². The van der Waals surface area contributed by atoms with Gasteiger partial charge in [0.15, 0.2) is 0 Å². The molecule has 222 valence electrons. The summed E-state index contributed by atoms with van der Waals surface area (Å²) < 4.78 is 0. The molecule has 2 unspecified atom stereocenters. The molecule has 0 heterocycles. The minimum atomic E-state index is 0.0998. The van der Waals surface area contributed by atoms with E-state index in [1.807, 2.05) is 0 Å². The van der Waals surface area contributed by atoms with Crippen LogP contribution in [-0.4, -0.2) is 0 Å². The molecular formula is C41H58.